The van der Waals surface area contributed by atoms with Crippen molar-refractivity contribution in [1.82, 2.24) is 14.5 Å². The van der Waals surface area contributed by atoms with E-state index in [1.807, 2.05) is 34.6 Å². The zero-order valence-electron chi connectivity index (χ0n) is 28.8. The van der Waals surface area contributed by atoms with Gasteiger partial charge in [-0.25, -0.2) is 14.3 Å². The molecule has 9 nitrogen and oxygen atoms in total. The van der Waals surface area contributed by atoms with Crippen LogP contribution in [0.25, 0.3) is 0 Å². The van der Waals surface area contributed by atoms with Gasteiger partial charge in [-0.15, -0.1) is 0 Å². The maximum atomic E-state index is 14.1. The summed E-state index contributed by atoms with van der Waals surface area (Å²) < 4.78 is 20.3. The van der Waals surface area contributed by atoms with Crippen molar-refractivity contribution in [2.24, 2.45) is 29.6 Å². The number of hydrogen-bond donors (Lipinski definition) is 0. The third-order valence-corrected chi connectivity index (χ3v) is 9.97. The van der Waals surface area contributed by atoms with Gasteiger partial charge in [-0.05, 0) is 77.3 Å². The fraction of sp³-hybridized carbons (Fsp3) is 0.667. The molecule has 1 aromatic rings. The van der Waals surface area contributed by atoms with Gasteiger partial charge in [0.25, 0.3) is 0 Å². The van der Waals surface area contributed by atoms with Crippen LogP contribution in [-0.4, -0.2) is 76.3 Å². The molecule has 1 fully saturated rings. The van der Waals surface area contributed by atoms with Crippen molar-refractivity contribution >= 4 is 17.7 Å². The molecule has 1 aromatic heterocycles. The van der Waals surface area contributed by atoms with E-state index < -0.39 is 35.9 Å². The number of nitrogens with zero attached hydrogens (tertiary/aromatic N) is 3. The maximum Gasteiger partial charge on any atom is 0.420 e. The smallest absolute Gasteiger partial charge is 0.420 e. The normalized spacial score (nSPS) is 37.1. The summed E-state index contributed by atoms with van der Waals surface area (Å²) in [5.74, 6) is -1.77. The number of allylic oxidation sites excluding steroid dienone is 2. The number of carbonyl (C=O) groups is 3. The molecular weight excluding hydrogens is 570 g/mol. The minimum absolute atomic E-state index is 0.0296. The lowest BCUT2D eigenvalue weighted by Gasteiger charge is -2.41. The van der Waals surface area contributed by atoms with Crippen molar-refractivity contribution in [2.75, 3.05) is 14.1 Å². The van der Waals surface area contributed by atoms with Crippen LogP contribution >= 0.6 is 0 Å². The zero-order chi connectivity index (χ0) is 33.6. The highest BCUT2D eigenvalue weighted by atomic mass is 16.7. The van der Waals surface area contributed by atoms with Crippen molar-refractivity contribution in [1.29, 1.82) is 0 Å². The summed E-state index contributed by atoms with van der Waals surface area (Å²) in [5, 5.41) is 0. The van der Waals surface area contributed by atoms with Crippen LogP contribution in [0.1, 0.15) is 80.6 Å². The molecule has 1 aliphatic heterocycles. The standard InChI is InChI=1S/C36H55N3O6/c1-12-29-17-22(3)27(8)33(41)28(9)34(44-31-19-30(38(10)11)18-26(7)43-31)24(5)16-23(4)32(40)25(6)20-36(29,13-2)45-35(42)39-15-14-37-21-39/h13-15,20-21,23-24,26-31,34H,2-3,12,16-19H2,1,4-11H3/b25-20+/t23-,24+,26-,27+,28+,29+,30+,31+,34+,36+/m1/s1. The molecular formula is C36H55N3O6. The second kappa shape index (κ2) is 15.6. The number of carbonyl (C=O) groups excluding carboxylic acids is 3. The number of ketones is 2. The average molecular weight is 626 g/mol. The van der Waals surface area contributed by atoms with Crippen LogP contribution < -0.4 is 0 Å². The van der Waals surface area contributed by atoms with Gasteiger partial charge in [0, 0.05) is 48.5 Å². The van der Waals surface area contributed by atoms with Crippen LogP contribution in [0.2, 0.25) is 0 Å². The summed E-state index contributed by atoms with van der Waals surface area (Å²) in [6, 6.07) is 0.310. The van der Waals surface area contributed by atoms with E-state index in [9.17, 15) is 14.4 Å². The predicted octanol–water partition coefficient (Wildman–Crippen LogP) is 6.64. The highest BCUT2D eigenvalue weighted by Gasteiger charge is 2.42. The largest absolute Gasteiger partial charge is 0.433 e. The molecule has 0 amide bonds. The number of rotatable bonds is 6. The van der Waals surface area contributed by atoms with E-state index in [0.29, 0.717) is 37.3 Å². The average Bonchev–Trinajstić information content (AvgIpc) is 3.55. The first-order valence-electron chi connectivity index (χ1n) is 16.4. The van der Waals surface area contributed by atoms with Gasteiger partial charge in [-0.2, -0.15) is 0 Å². The third-order valence-electron chi connectivity index (χ3n) is 9.97. The molecule has 0 bridgehead atoms. The molecule has 0 unspecified atom stereocenters. The van der Waals surface area contributed by atoms with Gasteiger partial charge in [0.05, 0.1) is 12.2 Å². The minimum atomic E-state index is -1.31. The Bertz CT molecular complexity index is 1240. The lowest BCUT2D eigenvalue weighted by atomic mass is 9.73. The molecule has 10 atom stereocenters. The molecule has 0 spiro atoms. The second-order valence-corrected chi connectivity index (χ2v) is 13.6. The summed E-state index contributed by atoms with van der Waals surface area (Å²) >= 11 is 0. The van der Waals surface area contributed by atoms with Gasteiger partial charge in [0.2, 0.25) is 0 Å². The second-order valence-electron chi connectivity index (χ2n) is 13.6. The first kappa shape index (κ1) is 36.6. The Morgan fingerprint density at radius 1 is 1.18 bits per heavy atom. The molecule has 1 saturated heterocycles. The van der Waals surface area contributed by atoms with E-state index >= 15 is 0 Å². The van der Waals surface area contributed by atoms with Crippen molar-refractivity contribution in [3.63, 3.8) is 0 Å². The van der Waals surface area contributed by atoms with Gasteiger partial charge in [0.1, 0.15) is 12.1 Å². The Balaban J connectivity index is 2.03. The lowest BCUT2D eigenvalue weighted by molar-refractivity contribution is -0.236. The number of hydrogen-bond acceptors (Lipinski definition) is 8. The minimum Gasteiger partial charge on any atom is -0.433 e. The van der Waals surface area contributed by atoms with Crippen molar-refractivity contribution < 1.29 is 28.6 Å². The Kier molecular flexibility index (Phi) is 12.7. The Morgan fingerprint density at radius 3 is 2.44 bits per heavy atom. The maximum absolute atomic E-state index is 14.1. The van der Waals surface area contributed by atoms with Crippen LogP contribution in [0.3, 0.4) is 0 Å². The SMILES string of the molecule is C=C[C@]1(OC(=O)n2ccnc2)/C=C(\C)C(=O)[C@H](C)C[C@H](C)[C@H](O[C@H]2C[C@@H](N(C)C)C[C@@H](C)O2)[C@@H](C)C(=O)[C@@H](C)C(=C)C[C@@H]1CC. The van der Waals surface area contributed by atoms with Gasteiger partial charge in [0.15, 0.2) is 17.7 Å². The van der Waals surface area contributed by atoms with E-state index in [-0.39, 0.29) is 35.4 Å². The quantitative estimate of drug-likeness (QED) is 0.325. The molecule has 45 heavy (non-hydrogen) atoms. The predicted molar refractivity (Wildman–Crippen MR) is 176 cm³/mol. The van der Waals surface area contributed by atoms with Gasteiger partial charge in [-0.3, -0.25) is 9.59 Å². The molecule has 3 rings (SSSR count). The summed E-state index contributed by atoms with van der Waals surface area (Å²) in [6.07, 6.45) is 9.29. The molecule has 1 aliphatic carbocycles. The number of imidazole rings is 1. The van der Waals surface area contributed by atoms with Crippen LogP contribution in [0, 0.1) is 29.6 Å². The highest BCUT2D eigenvalue weighted by molar-refractivity contribution is 5.96. The lowest BCUT2D eigenvalue weighted by Crippen LogP contribution is -2.47. The summed E-state index contributed by atoms with van der Waals surface area (Å²) in [6.45, 7) is 22.0. The van der Waals surface area contributed by atoms with Crippen molar-refractivity contribution in [2.45, 2.75) is 111 Å². The summed E-state index contributed by atoms with van der Waals surface area (Å²) in [4.78, 5) is 47.4. The fourth-order valence-electron chi connectivity index (χ4n) is 7.04. The Hall–Kier alpha value is -2.88. The van der Waals surface area contributed by atoms with Crippen LogP contribution in [0.15, 0.2) is 55.2 Å². The van der Waals surface area contributed by atoms with Crippen molar-refractivity contribution in [3.05, 3.63) is 55.2 Å². The van der Waals surface area contributed by atoms with E-state index in [1.165, 1.54) is 23.3 Å². The Morgan fingerprint density at radius 2 is 1.87 bits per heavy atom. The molecule has 2 heterocycles. The number of Topliss-reactive ketones (excluding diaryl/α,β-unsaturated/α-hetero) is 2. The highest BCUT2D eigenvalue weighted by Crippen LogP contribution is 2.39. The van der Waals surface area contributed by atoms with E-state index in [1.54, 1.807) is 19.1 Å². The monoisotopic (exact) mass is 625 g/mol. The van der Waals surface area contributed by atoms with Gasteiger partial charge in [-0.1, -0.05) is 53.3 Å². The third kappa shape index (κ3) is 8.69. The van der Waals surface area contributed by atoms with E-state index in [2.05, 4.69) is 44.1 Å². The van der Waals surface area contributed by atoms with Crippen LogP contribution in [0.4, 0.5) is 4.79 Å². The number of aromatic nitrogens is 2. The van der Waals surface area contributed by atoms with E-state index in [4.69, 9.17) is 14.2 Å². The molecule has 250 valence electrons. The number of ether oxygens (including phenoxy) is 3. The van der Waals surface area contributed by atoms with Crippen molar-refractivity contribution in [3.8, 4) is 0 Å². The molecule has 9 heteroatoms. The summed E-state index contributed by atoms with van der Waals surface area (Å²) in [7, 11) is 4.13. The molecule has 0 saturated carbocycles. The molecule has 0 radical (unpaired) electrons. The Labute approximate surface area is 270 Å². The molecule has 0 aromatic carbocycles. The van der Waals surface area contributed by atoms with Gasteiger partial charge < -0.3 is 19.1 Å². The van der Waals surface area contributed by atoms with Crippen LogP contribution in [-0.2, 0) is 23.8 Å². The molecule has 0 N–H and O–H groups in total. The van der Waals surface area contributed by atoms with E-state index in [0.717, 1.165) is 12.0 Å². The molecule has 2 aliphatic rings. The fourth-order valence-corrected chi connectivity index (χ4v) is 7.04. The first-order chi connectivity index (χ1) is 21.1. The van der Waals surface area contributed by atoms with Crippen LogP contribution in [0.5, 0.6) is 0 Å². The zero-order valence-corrected chi connectivity index (χ0v) is 28.8. The summed E-state index contributed by atoms with van der Waals surface area (Å²) in [5.41, 5.74) is -0.0956. The van der Waals surface area contributed by atoms with Gasteiger partial charge >= 0.3 is 6.09 Å². The topological polar surface area (TPSA) is 100.0 Å². The first-order valence-corrected chi connectivity index (χ1v) is 16.4.